The lowest BCUT2D eigenvalue weighted by Gasteiger charge is -2.05. The average molecular weight is 388 g/mol. The molecule has 142 valence electrons. The van der Waals surface area contributed by atoms with Crippen molar-refractivity contribution in [3.63, 3.8) is 0 Å². The van der Waals surface area contributed by atoms with E-state index in [4.69, 9.17) is 8.94 Å². The van der Waals surface area contributed by atoms with Crippen LogP contribution >= 0.6 is 11.3 Å². The normalized spacial score (nSPS) is 10.7. The van der Waals surface area contributed by atoms with Crippen LogP contribution in [0.15, 0.2) is 44.8 Å². The fourth-order valence-corrected chi connectivity index (χ4v) is 3.04. The predicted molar refractivity (Wildman–Crippen MR) is 99.2 cm³/mol. The minimum absolute atomic E-state index is 0.0764. The molecule has 8 nitrogen and oxygen atoms in total. The Bertz CT molecular complexity index is 843. The minimum atomic E-state index is -0.406. The first-order valence-corrected chi connectivity index (χ1v) is 9.55. The number of hydrogen-bond acceptors (Lipinski definition) is 7. The van der Waals surface area contributed by atoms with Gasteiger partial charge in [0.25, 0.3) is 5.91 Å². The number of nitrogens with zero attached hydrogens (tertiary/aromatic N) is 2. The lowest BCUT2D eigenvalue weighted by molar-refractivity contribution is -0.120. The number of carbonyl (C=O) groups excluding carboxylic acids is 2. The zero-order chi connectivity index (χ0) is 18.9. The van der Waals surface area contributed by atoms with Gasteiger partial charge in [-0.2, -0.15) is 4.98 Å². The Morgan fingerprint density at radius 1 is 1.11 bits per heavy atom. The maximum atomic E-state index is 11.7. The number of aryl methyl sites for hydroxylation is 1. The van der Waals surface area contributed by atoms with Crippen molar-refractivity contribution in [2.75, 3.05) is 13.1 Å². The lowest BCUT2D eigenvalue weighted by atomic mass is 10.2. The zero-order valence-corrected chi connectivity index (χ0v) is 15.5. The van der Waals surface area contributed by atoms with Crippen molar-refractivity contribution in [3.8, 4) is 10.7 Å². The van der Waals surface area contributed by atoms with Crippen LogP contribution in [0, 0.1) is 0 Å². The zero-order valence-electron chi connectivity index (χ0n) is 14.6. The predicted octanol–water partition coefficient (Wildman–Crippen LogP) is 2.65. The van der Waals surface area contributed by atoms with E-state index >= 15 is 0 Å². The van der Waals surface area contributed by atoms with Crippen LogP contribution in [0.5, 0.6) is 0 Å². The summed E-state index contributed by atoms with van der Waals surface area (Å²) in [5.74, 6) is 0.807. The molecule has 0 fully saturated rings. The van der Waals surface area contributed by atoms with E-state index in [1.165, 1.54) is 6.26 Å². The van der Waals surface area contributed by atoms with Crippen molar-refractivity contribution >= 4 is 23.2 Å². The summed E-state index contributed by atoms with van der Waals surface area (Å²) in [5.41, 5.74) is 0. The summed E-state index contributed by atoms with van der Waals surface area (Å²) in [5, 5.41) is 11.2. The highest BCUT2D eigenvalue weighted by Crippen LogP contribution is 2.21. The van der Waals surface area contributed by atoms with E-state index in [1.54, 1.807) is 23.5 Å². The Hall–Kier alpha value is -2.94. The third kappa shape index (κ3) is 5.78. The molecule has 0 spiro atoms. The van der Waals surface area contributed by atoms with Crippen molar-refractivity contribution in [3.05, 3.63) is 47.6 Å². The van der Waals surface area contributed by atoms with Crippen LogP contribution in [-0.2, 0) is 11.2 Å². The number of thiophene rings is 1. The minimum Gasteiger partial charge on any atom is -0.459 e. The van der Waals surface area contributed by atoms with Crippen LogP contribution in [-0.4, -0.2) is 35.0 Å². The Morgan fingerprint density at radius 2 is 2.04 bits per heavy atom. The van der Waals surface area contributed by atoms with E-state index in [0.29, 0.717) is 24.7 Å². The van der Waals surface area contributed by atoms with Crippen LogP contribution in [0.3, 0.4) is 0 Å². The van der Waals surface area contributed by atoms with Gasteiger partial charge < -0.3 is 19.6 Å². The molecule has 9 heteroatoms. The summed E-state index contributed by atoms with van der Waals surface area (Å²) in [6, 6.07) is 7.07. The fourth-order valence-electron chi connectivity index (χ4n) is 2.39. The van der Waals surface area contributed by atoms with Gasteiger partial charge in [0.1, 0.15) is 0 Å². The monoisotopic (exact) mass is 388 g/mol. The summed E-state index contributed by atoms with van der Waals surface area (Å²) in [7, 11) is 0. The first-order valence-electron chi connectivity index (χ1n) is 8.67. The highest BCUT2D eigenvalue weighted by atomic mass is 32.1. The number of aromatic nitrogens is 2. The molecule has 0 unspecified atom stereocenters. The molecule has 27 heavy (non-hydrogen) atoms. The lowest BCUT2D eigenvalue weighted by Crippen LogP contribution is -2.37. The van der Waals surface area contributed by atoms with Crippen LogP contribution in [0.1, 0.15) is 35.7 Å². The first kappa shape index (κ1) is 18.8. The molecule has 2 amide bonds. The summed E-state index contributed by atoms with van der Waals surface area (Å²) in [6.07, 6.45) is 4.79. The summed E-state index contributed by atoms with van der Waals surface area (Å²) >= 11 is 1.58. The molecule has 0 aliphatic carbocycles. The number of carbonyl (C=O) groups is 2. The van der Waals surface area contributed by atoms with Gasteiger partial charge in [0.15, 0.2) is 5.76 Å². The van der Waals surface area contributed by atoms with Gasteiger partial charge in [-0.25, -0.2) is 0 Å². The second kappa shape index (κ2) is 9.67. The quantitative estimate of drug-likeness (QED) is 0.517. The number of unbranched alkanes of at least 4 members (excludes halogenated alkanes) is 2. The van der Waals surface area contributed by atoms with Crippen molar-refractivity contribution in [1.82, 2.24) is 20.8 Å². The molecule has 0 radical (unpaired) electrons. The molecular weight excluding hydrogens is 368 g/mol. The maximum absolute atomic E-state index is 11.7. The molecule has 0 atom stereocenters. The van der Waals surface area contributed by atoms with Crippen LogP contribution < -0.4 is 10.6 Å². The molecule has 0 aliphatic rings. The molecule has 0 aromatic carbocycles. The van der Waals surface area contributed by atoms with Gasteiger partial charge in [-0.05, 0) is 36.4 Å². The van der Waals surface area contributed by atoms with Gasteiger partial charge in [0, 0.05) is 13.0 Å². The molecule has 2 N–H and O–H groups in total. The van der Waals surface area contributed by atoms with Gasteiger partial charge in [0.2, 0.25) is 17.6 Å². The van der Waals surface area contributed by atoms with Crippen molar-refractivity contribution in [2.45, 2.75) is 25.7 Å². The number of amides is 2. The average Bonchev–Trinajstić information content (AvgIpc) is 3.43. The third-order valence-electron chi connectivity index (χ3n) is 3.75. The second-order valence-corrected chi connectivity index (χ2v) is 6.76. The van der Waals surface area contributed by atoms with Gasteiger partial charge in [-0.3, -0.25) is 9.59 Å². The first-order chi connectivity index (χ1) is 13.2. The Kier molecular flexibility index (Phi) is 6.75. The molecule has 3 rings (SSSR count). The molecule has 0 bridgehead atoms. The van der Waals surface area contributed by atoms with Gasteiger partial charge >= 0.3 is 0 Å². The Labute approximate surface area is 160 Å². The highest BCUT2D eigenvalue weighted by molar-refractivity contribution is 7.13. The van der Waals surface area contributed by atoms with Crippen LogP contribution in [0.2, 0.25) is 0 Å². The molecule has 0 saturated carbocycles. The van der Waals surface area contributed by atoms with Gasteiger partial charge in [-0.15, -0.1) is 11.3 Å². The van der Waals surface area contributed by atoms with E-state index < -0.39 is 5.91 Å². The van der Waals surface area contributed by atoms with Gasteiger partial charge in [-0.1, -0.05) is 17.6 Å². The largest absolute Gasteiger partial charge is 0.459 e. The third-order valence-corrected chi connectivity index (χ3v) is 4.62. The topological polar surface area (TPSA) is 110 Å². The highest BCUT2D eigenvalue weighted by Gasteiger charge is 2.10. The molecule has 3 aromatic rings. The van der Waals surface area contributed by atoms with Crippen LogP contribution in [0.4, 0.5) is 0 Å². The summed E-state index contributed by atoms with van der Waals surface area (Å²) in [4.78, 5) is 28.7. The van der Waals surface area contributed by atoms with E-state index in [0.717, 1.165) is 24.1 Å². The van der Waals surface area contributed by atoms with E-state index in [9.17, 15) is 9.59 Å². The van der Waals surface area contributed by atoms with Crippen molar-refractivity contribution in [2.24, 2.45) is 0 Å². The second-order valence-electron chi connectivity index (χ2n) is 5.81. The van der Waals surface area contributed by atoms with E-state index in [-0.39, 0.29) is 18.2 Å². The molecule has 3 aromatic heterocycles. The summed E-state index contributed by atoms with van der Waals surface area (Å²) < 4.78 is 10.2. The molecular formula is C18H20N4O4S. The Morgan fingerprint density at radius 3 is 2.81 bits per heavy atom. The fraction of sp³-hybridized carbons (Fsp3) is 0.333. The number of nitrogens with one attached hydrogen (secondary N) is 2. The SMILES string of the molecule is O=C(CNC(=O)c1ccco1)NCCCCCc1nc(-c2cccs2)no1. The van der Waals surface area contributed by atoms with Crippen molar-refractivity contribution in [1.29, 1.82) is 0 Å². The standard InChI is InChI=1S/C18H20N4O4S/c23-15(12-20-18(24)13-6-4-10-25-13)19-9-3-1-2-8-16-21-17(22-26-16)14-7-5-11-27-14/h4-7,10-11H,1-3,8-9,12H2,(H,19,23)(H,20,24). The van der Waals surface area contributed by atoms with Gasteiger partial charge in [0.05, 0.1) is 17.7 Å². The number of hydrogen-bond donors (Lipinski definition) is 2. The molecule has 3 heterocycles. The maximum Gasteiger partial charge on any atom is 0.287 e. The van der Waals surface area contributed by atoms with Crippen LogP contribution in [0.25, 0.3) is 10.7 Å². The van der Waals surface area contributed by atoms with Crippen molar-refractivity contribution < 1.29 is 18.5 Å². The summed E-state index contributed by atoms with van der Waals surface area (Å²) in [6.45, 7) is 0.479. The number of rotatable bonds is 10. The van der Waals surface area contributed by atoms with E-state index in [1.807, 2.05) is 17.5 Å². The van der Waals surface area contributed by atoms with E-state index in [2.05, 4.69) is 20.8 Å². The molecule has 0 saturated heterocycles. The Balaban J connectivity index is 1.24. The molecule has 0 aliphatic heterocycles. The number of furan rings is 1. The smallest absolute Gasteiger partial charge is 0.287 e.